The van der Waals surface area contributed by atoms with Crippen LogP contribution in [0.15, 0.2) is 16.7 Å². The lowest BCUT2D eigenvalue weighted by atomic mass is 10.3. The smallest absolute Gasteiger partial charge is 0.283 e. The molecule has 19 heavy (non-hydrogen) atoms. The summed E-state index contributed by atoms with van der Waals surface area (Å²) in [5.41, 5.74) is -0.0313. The predicted molar refractivity (Wildman–Crippen MR) is 77.1 cm³/mol. The Bertz CT molecular complexity index is 622. The second-order valence-electron chi connectivity index (χ2n) is 3.23. The van der Waals surface area contributed by atoms with Crippen molar-refractivity contribution in [2.24, 2.45) is 0 Å². The van der Waals surface area contributed by atoms with Crippen LogP contribution in [0.4, 0.5) is 14.5 Å². The van der Waals surface area contributed by atoms with E-state index >= 15 is 0 Å². The van der Waals surface area contributed by atoms with E-state index in [4.69, 9.17) is 23.8 Å². The molecular formula is C9H4BrClF2N4S2. The molecule has 0 spiro atoms. The molecule has 0 saturated carbocycles. The van der Waals surface area contributed by atoms with Crippen molar-refractivity contribution < 1.29 is 8.78 Å². The Hall–Kier alpha value is -0.770. The molecule has 2 rings (SSSR count). The molecule has 10 heteroatoms. The van der Waals surface area contributed by atoms with Crippen molar-refractivity contribution in [3.8, 4) is 0 Å². The van der Waals surface area contributed by atoms with Crippen LogP contribution in [0.2, 0.25) is 5.15 Å². The van der Waals surface area contributed by atoms with Crippen molar-refractivity contribution >= 4 is 62.0 Å². The standard InChI is InChI=1S/C9H4BrClF2N4S2/c10-3-1-4(7(11)14-2-3)15-9(18)6-5(8(12)13)16-17-19-6/h1-2,8H,(H,15,18). The van der Waals surface area contributed by atoms with E-state index in [1.807, 2.05) is 0 Å². The Labute approximate surface area is 129 Å². The molecule has 2 aromatic rings. The summed E-state index contributed by atoms with van der Waals surface area (Å²) in [4.78, 5) is 4.08. The third-order valence-corrected chi connectivity index (χ3v) is 3.91. The minimum absolute atomic E-state index is 0.0760. The van der Waals surface area contributed by atoms with Crippen LogP contribution in [-0.4, -0.2) is 19.6 Å². The Morgan fingerprint density at radius 3 is 2.95 bits per heavy atom. The van der Waals surface area contributed by atoms with Gasteiger partial charge in [0.25, 0.3) is 6.43 Å². The zero-order valence-electron chi connectivity index (χ0n) is 8.90. The zero-order valence-corrected chi connectivity index (χ0v) is 12.9. The number of halogens is 4. The van der Waals surface area contributed by atoms with Crippen molar-refractivity contribution in [1.29, 1.82) is 0 Å². The van der Waals surface area contributed by atoms with E-state index in [1.54, 1.807) is 6.07 Å². The fraction of sp³-hybridized carbons (Fsp3) is 0.111. The highest BCUT2D eigenvalue weighted by molar-refractivity contribution is 9.10. The molecular weight excluding hydrogens is 382 g/mol. The quantitative estimate of drug-likeness (QED) is 0.637. The normalized spacial score (nSPS) is 10.8. The fourth-order valence-electron chi connectivity index (χ4n) is 1.19. The maximum atomic E-state index is 12.7. The molecule has 2 heterocycles. The van der Waals surface area contributed by atoms with Crippen LogP contribution in [0.3, 0.4) is 0 Å². The van der Waals surface area contributed by atoms with Gasteiger partial charge in [0.2, 0.25) is 0 Å². The summed E-state index contributed by atoms with van der Waals surface area (Å²) in [5.74, 6) is 0. The lowest BCUT2D eigenvalue weighted by molar-refractivity contribution is 0.146. The first-order chi connectivity index (χ1) is 8.99. The summed E-state index contributed by atoms with van der Waals surface area (Å²) in [7, 11) is 0. The minimum Gasteiger partial charge on any atom is -0.343 e. The van der Waals surface area contributed by atoms with Crippen LogP contribution in [0, 0.1) is 0 Å². The maximum absolute atomic E-state index is 12.7. The molecule has 2 aromatic heterocycles. The van der Waals surface area contributed by atoms with E-state index in [2.05, 4.69) is 35.8 Å². The number of pyridine rings is 1. The van der Waals surface area contributed by atoms with Gasteiger partial charge in [0.15, 0.2) is 10.8 Å². The fourth-order valence-corrected chi connectivity index (χ4v) is 2.56. The second-order valence-corrected chi connectivity index (χ2v) is 5.67. The van der Waals surface area contributed by atoms with E-state index in [0.717, 1.165) is 11.5 Å². The number of thiocarbonyl (C=S) groups is 1. The van der Waals surface area contributed by atoms with Crippen LogP contribution in [-0.2, 0) is 0 Å². The summed E-state index contributed by atoms with van der Waals surface area (Å²) in [5, 5.41) is 6.29. The van der Waals surface area contributed by atoms with Crippen LogP contribution in [0.1, 0.15) is 17.0 Å². The Morgan fingerprint density at radius 2 is 2.26 bits per heavy atom. The van der Waals surface area contributed by atoms with Crippen LogP contribution in [0.5, 0.6) is 0 Å². The van der Waals surface area contributed by atoms with Crippen molar-refractivity contribution in [1.82, 2.24) is 14.6 Å². The van der Waals surface area contributed by atoms with Crippen molar-refractivity contribution in [3.63, 3.8) is 0 Å². The first-order valence-electron chi connectivity index (χ1n) is 4.72. The van der Waals surface area contributed by atoms with Gasteiger partial charge in [-0.1, -0.05) is 28.3 Å². The van der Waals surface area contributed by atoms with Gasteiger partial charge in [-0.25, -0.2) is 13.8 Å². The van der Waals surface area contributed by atoms with Gasteiger partial charge in [-0.2, -0.15) is 0 Å². The zero-order chi connectivity index (χ0) is 14.0. The number of aromatic nitrogens is 3. The molecule has 0 aliphatic heterocycles. The van der Waals surface area contributed by atoms with E-state index in [9.17, 15) is 8.78 Å². The summed E-state index contributed by atoms with van der Waals surface area (Å²) < 4.78 is 29.5. The van der Waals surface area contributed by atoms with Crippen LogP contribution >= 0.6 is 51.3 Å². The van der Waals surface area contributed by atoms with Gasteiger partial charge in [-0.05, 0) is 33.5 Å². The highest BCUT2D eigenvalue weighted by atomic mass is 79.9. The molecule has 0 aliphatic rings. The van der Waals surface area contributed by atoms with Crippen LogP contribution < -0.4 is 5.32 Å². The van der Waals surface area contributed by atoms with Gasteiger partial charge >= 0.3 is 0 Å². The first kappa shape index (κ1) is 14.6. The molecule has 0 atom stereocenters. The van der Waals surface area contributed by atoms with E-state index in [-0.39, 0.29) is 15.0 Å². The molecule has 0 aromatic carbocycles. The molecule has 0 bridgehead atoms. The lowest BCUT2D eigenvalue weighted by Crippen LogP contribution is -2.12. The number of alkyl halides is 2. The average Bonchev–Trinajstić information content (AvgIpc) is 2.83. The molecule has 0 radical (unpaired) electrons. The number of hydrogen-bond acceptors (Lipinski definition) is 5. The van der Waals surface area contributed by atoms with Gasteiger partial charge in [-0.3, -0.25) is 0 Å². The second kappa shape index (κ2) is 6.12. The van der Waals surface area contributed by atoms with Crippen LogP contribution in [0.25, 0.3) is 0 Å². The summed E-state index contributed by atoms with van der Waals surface area (Å²) in [6, 6.07) is 1.64. The minimum atomic E-state index is -2.73. The molecule has 100 valence electrons. The van der Waals surface area contributed by atoms with Gasteiger partial charge < -0.3 is 5.32 Å². The molecule has 0 fully saturated rings. The largest absolute Gasteiger partial charge is 0.343 e. The van der Waals surface area contributed by atoms with Gasteiger partial charge in [0, 0.05) is 10.7 Å². The first-order valence-corrected chi connectivity index (χ1v) is 7.07. The topological polar surface area (TPSA) is 50.7 Å². The predicted octanol–water partition coefficient (Wildman–Crippen LogP) is 4.07. The summed E-state index contributed by atoms with van der Waals surface area (Å²) in [6.07, 6.45) is -1.22. The Balaban J connectivity index is 2.26. The number of hydrogen-bond donors (Lipinski definition) is 1. The van der Waals surface area contributed by atoms with Crippen molar-refractivity contribution in [2.45, 2.75) is 6.43 Å². The summed E-state index contributed by atoms with van der Waals surface area (Å²) in [6.45, 7) is 0. The molecule has 0 amide bonds. The monoisotopic (exact) mass is 384 g/mol. The third-order valence-electron chi connectivity index (χ3n) is 1.98. The highest BCUT2D eigenvalue weighted by Gasteiger charge is 2.21. The van der Waals surface area contributed by atoms with E-state index in [0.29, 0.717) is 10.2 Å². The molecule has 0 unspecified atom stereocenters. The number of rotatable bonds is 3. The Kier molecular flexibility index (Phi) is 4.71. The molecule has 0 saturated heterocycles. The van der Waals surface area contributed by atoms with E-state index in [1.165, 1.54) is 6.20 Å². The summed E-state index contributed by atoms with van der Waals surface area (Å²) >= 11 is 14.9. The number of nitrogens with one attached hydrogen (secondary N) is 1. The lowest BCUT2D eigenvalue weighted by Gasteiger charge is -2.08. The van der Waals surface area contributed by atoms with Crippen molar-refractivity contribution in [3.05, 3.63) is 32.5 Å². The average molecular weight is 386 g/mol. The van der Waals surface area contributed by atoms with Gasteiger partial charge in [0.05, 0.1) is 5.69 Å². The van der Waals surface area contributed by atoms with Gasteiger partial charge in [0.1, 0.15) is 9.87 Å². The Morgan fingerprint density at radius 1 is 1.53 bits per heavy atom. The number of nitrogens with zero attached hydrogens (tertiary/aromatic N) is 3. The molecule has 1 N–H and O–H groups in total. The molecule has 0 aliphatic carbocycles. The number of anilines is 1. The van der Waals surface area contributed by atoms with Crippen molar-refractivity contribution in [2.75, 3.05) is 5.32 Å². The third kappa shape index (κ3) is 3.41. The highest BCUT2D eigenvalue weighted by Crippen LogP contribution is 2.27. The molecule has 4 nitrogen and oxygen atoms in total. The maximum Gasteiger partial charge on any atom is 0.283 e. The van der Waals surface area contributed by atoms with Gasteiger partial charge in [-0.15, -0.1) is 5.10 Å². The van der Waals surface area contributed by atoms with E-state index < -0.39 is 12.1 Å². The SMILES string of the molecule is FC(F)c1nnsc1C(=S)Nc1cc(Br)cnc1Cl.